The normalized spacial score (nSPS) is 12.4. The molecule has 1 amide bonds. The van der Waals surface area contributed by atoms with E-state index in [1.54, 1.807) is 32.2 Å². The summed E-state index contributed by atoms with van der Waals surface area (Å²) in [4.78, 5) is 18.8. The van der Waals surface area contributed by atoms with E-state index in [-0.39, 0.29) is 18.3 Å². The average Bonchev–Trinajstić information content (AvgIpc) is 3.15. The predicted molar refractivity (Wildman–Crippen MR) is 119 cm³/mol. The number of anilines is 1. The lowest BCUT2D eigenvalue weighted by Gasteiger charge is -2.30. The van der Waals surface area contributed by atoms with Crippen LogP contribution in [0.2, 0.25) is 0 Å². The van der Waals surface area contributed by atoms with E-state index in [1.807, 2.05) is 44.2 Å². The van der Waals surface area contributed by atoms with Crippen LogP contribution in [0.5, 0.6) is 0 Å². The topological polar surface area (TPSA) is 96.6 Å². The molecule has 1 atom stereocenters. The summed E-state index contributed by atoms with van der Waals surface area (Å²) in [7, 11) is -2.11. The van der Waals surface area contributed by atoms with E-state index in [1.165, 1.54) is 4.90 Å². The van der Waals surface area contributed by atoms with Gasteiger partial charge in [0.05, 0.1) is 18.5 Å². The van der Waals surface area contributed by atoms with Crippen LogP contribution in [0.4, 0.5) is 5.69 Å². The molecule has 0 saturated heterocycles. The summed E-state index contributed by atoms with van der Waals surface area (Å²) < 4.78 is 31.4. The number of rotatable bonds is 7. The monoisotopic (exact) mass is 442 g/mol. The fourth-order valence-electron chi connectivity index (χ4n) is 3.39. The Balaban J connectivity index is 1.78. The van der Waals surface area contributed by atoms with Gasteiger partial charge in [-0.2, -0.15) is 4.98 Å². The van der Waals surface area contributed by atoms with Crippen molar-refractivity contribution >= 4 is 21.6 Å². The van der Waals surface area contributed by atoms with Crippen LogP contribution in [0.15, 0.2) is 53.1 Å². The molecule has 31 heavy (non-hydrogen) atoms. The summed E-state index contributed by atoms with van der Waals surface area (Å²) in [6.45, 7) is 5.46. The third-order valence-corrected chi connectivity index (χ3v) is 6.06. The van der Waals surface area contributed by atoms with Crippen LogP contribution in [0.25, 0.3) is 11.4 Å². The van der Waals surface area contributed by atoms with Gasteiger partial charge < -0.3 is 9.42 Å². The molecule has 0 fully saturated rings. The van der Waals surface area contributed by atoms with E-state index in [4.69, 9.17) is 4.52 Å². The molecule has 0 saturated carbocycles. The zero-order valence-corrected chi connectivity index (χ0v) is 19.0. The van der Waals surface area contributed by atoms with Gasteiger partial charge in [0.1, 0.15) is 6.04 Å². The third kappa shape index (κ3) is 5.29. The first-order chi connectivity index (χ1) is 14.6. The lowest BCUT2D eigenvalue weighted by molar-refractivity contribution is -0.131. The fourth-order valence-corrected chi connectivity index (χ4v) is 4.55. The zero-order chi connectivity index (χ0) is 22.8. The second kappa shape index (κ2) is 8.89. The van der Waals surface area contributed by atoms with Gasteiger partial charge in [0.15, 0.2) is 0 Å². The molecule has 2 aromatic carbocycles. The maximum absolute atomic E-state index is 13.0. The summed E-state index contributed by atoms with van der Waals surface area (Å²) >= 11 is 0. The van der Waals surface area contributed by atoms with Crippen molar-refractivity contribution in [2.24, 2.45) is 0 Å². The summed E-state index contributed by atoms with van der Waals surface area (Å²) in [6.07, 6.45) is 1.09. The zero-order valence-electron chi connectivity index (χ0n) is 18.2. The number of likely N-dealkylation sites (N-methyl/N-ethyl adjacent to an activating group) is 1. The molecule has 1 heterocycles. The second-order valence-electron chi connectivity index (χ2n) is 7.65. The Bertz CT molecular complexity index is 1190. The van der Waals surface area contributed by atoms with Crippen LogP contribution >= 0.6 is 0 Å². The van der Waals surface area contributed by atoms with Crippen LogP contribution in [0.3, 0.4) is 0 Å². The summed E-state index contributed by atoms with van der Waals surface area (Å²) in [6, 6.07) is 13.8. The van der Waals surface area contributed by atoms with Crippen LogP contribution in [-0.2, 0) is 21.4 Å². The molecule has 0 aliphatic heterocycles. The van der Waals surface area contributed by atoms with Gasteiger partial charge >= 0.3 is 0 Å². The maximum atomic E-state index is 13.0. The molecule has 0 spiro atoms. The number of hydrogen-bond donors (Lipinski definition) is 0. The molecule has 0 bridgehead atoms. The molecule has 0 aliphatic rings. The smallest absolute Gasteiger partial charge is 0.246 e. The van der Waals surface area contributed by atoms with Gasteiger partial charge in [0.2, 0.25) is 27.6 Å². The number of aryl methyl sites for hydroxylation is 2. The van der Waals surface area contributed by atoms with Gasteiger partial charge in [-0.05, 0) is 44.5 Å². The first kappa shape index (κ1) is 22.5. The van der Waals surface area contributed by atoms with Crippen molar-refractivity contribution in [3.63, 3.8) is 0 Å². The number of amides is 1. The average molecular weight is 443 g/mol. The minimum absolute atomic E-state index is 0.0629. The predicted octanol–water partition coefficient (Wildman–Crippen LogP) is 3.17. The van der Waals surface area contributed by atoms with Crippen molar-refractivity contribution in [3.8, 4) is 11.4 Å². The van der Waals surface area contributed by atoms with Gasteiger partial charge in [-0.15, -0.1) is 0 Å². The van der Waals surface area contributed by atoms with Crippen molar-refractivity contribution in [2.45, 2.75) is 33.4 Å². The van der Waals surface area contributed by atoms with Gasteiger partial charge in [0.25, 0.3) is 0 Å². The molecule has 1 unspecified atom stereocenters. The largest absolute Gasteiger partial charge is 0.337 e. The standard InChI is InChI=1S/C22H26N4O4S/c1-15-8-6-10-18(12-15)21-23-20(30-24-21)14-25(4)22(27)17(3)26(31(5,28)29)19-11-7-9-16(2)13-19/h6-13,17H,14H2,1-5H3. The Kier molecular flexibility index (Phi) is 6.45. The number of nitrogens with zero attached hydrogens (tertiary/aromatic N) is 4. The summed E-state index contributed by atoms with van der Waals surface area (Å²) in [5.41, 5.74) is 3.23. The van der Waals surface area contributed by atoms with Gasteiger partial charge in [0, 0.05) is 12.6 Å². The van der Waals surface area contributed by atoms with Gasteiger partial charge in [-0.1, -0.05) is 41.1 Å². The molecule has 0 N–H and O–H groups in total. The number of aromatic nitrogens is 2. The maximum Gasteiger partial charge on any atom is 0.246 e. The molecular weight excluding hydrogens is 416 g/mol. The minimum Gasteiger partial charge on any atom is -0.337 e. The molecule has 1 aromatic heterocycles. The van der Waals surface area contributed by atoms with E-state index in [0.717, 1.165) is 27.3 Å². The Hall–Kier alpha value is -3.20. The van der Waals surface area contributed by atoms with Crippen molar-refractivity contribution in [3.05, 3.63) is 65.5 Å². The van der Waals surface area contributed by atoms with Crippen molar-refractivity contribution in [1.29, 1.82) is 0 Å². The third-order valence-electron chi connectivity index (χ3n) is 4.82. The SMILES string of the molecule is Cc1cccc(-c2noc(CN(C)C(=O)C(C)N(c3cccc(C)c3)S(C)(=O)=O)n2)c1. The molecule has 8 nitrogen and oxygen atoms in total. The molecular formula is C22H26N4O4S. The Morgan fingerprint density at radius 3 is 2.35 bits per heavy atom. The molecule has 164 valence electrons. The number of benzene rings is 2. The van der Waals surface area contributed by atoms with Crippen LogP contribution < -0.4 is 4.31 Å². The first-order valence-electron chi connectivity index (χ1n) is 9.77. The highest BCUT2D eigenvalue weighted by molar-refractivity contribution is 7.92. The second-order valence-corrected chi connectivity index (χ2v) is 9.51. The van der Waals surface area contributed by atoms with E-state index in [0.29, 0.717) is 11.5 Å². The fraction of sp³-hybridized carbons (Fsp3) is 0.318. The van der Waals surface area contributed by atoms with E-state index >= 15 is 0 Å². The van der Waals surface area contributed by atoms with Crippen LogP contribution in [0, 0.1) is 13.8 Å². The molecule has 3 rings (SSSR count). The van der Waals surface area contributed by atoms with Crippen LogP contribution in [0.1, 0.15) is 23.9 Å². The number of sulfonamides is 1. The number of carbonyl (C=O) groups is 1. The van der Waals surface area contributed by atoms with Crippen LogP contribution in [-0.4, -0.2) is 48.7 Å². The minimum atomic E-state index is -3.69. The highest BCUT2D eigenvalue weighted by Gasteiger charge is 2.31. The van der Waals surface area contributed by atoms with E-state index < -0.39 is 16.1 Å². The van der Waals surface area contributed by atoms with E-state index in [2.05, 4.69) is 10.1 Å². The quantitative estimate of drug-likeness (QED) is 0.558. The number of hydrogen-bond acceptors (Lipinski definition) is 6. The summed E-state index contributed by atoms with van der Waals surface area (Å²) in [5, 5.41) is 3.99. The Morgan fingerprint density at radius 2 is 1.74 bits per heavy atom. The molecule has 0 radical (unpaired) electrons. The highest BCUT2D eigenvalue weighted by atomic mass is 32.2. The van der Waals surface area contributed by atoms with Gasteiger partial charge in [-0.3, -0.25) is 9.10 Å². The molecule has 9 heteroatoms. The Morgan fingerprint density at radius 1 is 1.10 bits per heavy atom. The van der Waals surface area contributed by atoms with Crippen molar-refractivity contribution < 1.29 is 17.7 Å². The van der Waals surface area contributed by atoms with Gasteiger partial charge in [-0.25, -0.2) is 8.42 Å². The lowest BCUT2D eigenvalue weighted by Crippen LogP contribution is -2.48. The Labute approximate surface area is 182 Å². The van der Waals surface area contributed by atoms with Crippen molar-refractivity contribution in [1.82, 2.24) is 15.0 Å². The molecule has 0 aliphatic carbocycles. The summed E-state index contributed by atoms with van der Waals surface area (Å²) in [5.74, 6) is 0.313. The first-order valence-corrected chi connectivity index (χ1v) is 11.6. The van der Waals surface area contributed by atoms with E-state index in [9.17, 15) is 13.2 Å². The lowest BCUT2D eigenvalue weighted by atomic mass is 10.1. The number of carbonyl (C=O) groups excluding carboxylic acids is 1. The van der Waals surface area contributed by atoms with Crippen molar-refractivity contribution in [2.75, 3.05) is 17.6 Å². The molecule has 3 aromatic rings. The highest BCUT2D eigenvalue weighted by Crippen LogP contribution is 2.23.